The second-order valence-corrected chi connectivity index (χ2v) is 9.41. The number of rotatable bonds is 6. The molecule has 6 nitrogen and oxygen atoms in total. The summed E-state index contributed by atoms with van der Waals surface area (Å²) in [6, 6.07) is 21.9. The fourth-order valence-corrected chi connectivity index (χ4v) is 5.11. The number of hydrogen-bond acceptors (Lipinski definition) is 5. The maximum atomic E-state index is 13.5. The van der Waals surface area contributed by atoms with Crippen molar-refractivity contribution >= 4 is 21.5 Å². The van der Waals surface area contributed by atoms with Gasteiger partial charge in [-0.05, 0) is 42.3 Å². The molecule has 0 bridgehead atoms. The predicted molar refractivity (Wildman–Crippen MR) is 125 cm³/mol. The molecule has 4 rings (SSSR count). The van der Waals surface area contributed by atoms with Gasteiger partial charge < -0.3 is 10.1 Å². The Kier molecular flexibility index (Phi) is 6.01. The van der Waals surface area contributed by atoms with Gasteiger partial charge in [-0.3, -0.25) is 9.10 Å². The number of para-hydroxylation sites is 1. The summed E-state index contributed by atoms with van der Waals surface area (Å²) >= 11 is 0. The van der Waals surface area contributed by atoms with Gasteiger partial charge in [0.2, 0.25) is 5.78 Å². The van der Waals surface area contributed by atoms with Crippen molar-refractivity contribution < 1.29 is 17.9 Å². The second-order valence-electron chi connectivity index (χ2n) is 7.58. The first kappa shape index (κ1) is 21.6. The van der Waals surface area contributed by atoms with E-state index in [9.17, 15) is 13.2 Å². The van der Waals surface area contributed by atoms with Gasteiger partial charge in [-0.1, -0.05) is 54.1 Å². The molecule has 1 heterocycles. The number of anilines is 1. The molecule has 3 aromatic carbocycles. The third-order valence-electron chi connectivity index (χ3n) is 5.35. The molecular weight excluding hydrogens is 424 g/mol. The summed E-state index contributed by atoms with van der Waals surface area (Å²) in [5.41, 5.74) is 3.63. The molecule has 0 saturated carbocycles. The molecule has 0 radical (unpaired) electrons. The van der Waals surface area contributed by atoms with Crippen LogP contribution in [0.3, 0.4) is 0 Å². The van der Waals surface area contributed by atoms with Crippen molar-refractivity contribution in [3.05, 3.63) is 106 Å². The molecule has 0 saturated heterocycles. The average Bonchev–Trinajstić information content (AvgIpc) is 2.80. The van der Waals surface area contributed by atoms with Crippen LogP contribution >= 0.6 is 0 Å². The van der Waals surface area contributed by atoms with Gasteiger partial charge in [0.25, 0.3) is 10.0 Å². The Morgan fingerprint density at radius 3 is 2.28 bits per heavy atom. The third-order valence-corrected chi connectivity index (χ3v) is 7.12. The summed E-state index contributed by atoms with van der Waals surface area (Å²) in [5.74, 6) is 0.225. The predicted octanol–water partition coefficient (Wildman–Crippen LogP) is 4.17. The van der Waals surface area contributed by atoms with E-state index in [4.69, 9.17) is 4.74 Å². The van der Waals surface area contributed by atoms with Gasteiger partial charge >= 0.3 is 0 Å². The maximum Gasteiger partial charge on any atom is 0.270 e. The van der Waals surface area contributed by atoms with Crippen LogP contribution in [0, 0.1) is 6.92 Å². The Balaban J connectivity index is 1.65. The number of aryl methyl sites for hydroxylation is 1. The molecule has 1 aliphatic heterocycles. The molecule has 1 N–H and O–H groups in total. The van der Waals surface area contributed by atoms with E-state index in [2.05, 4.69) is 5.32 Å². The number of nitrogens with one attached hydrogen (secondary N) is 1. The van der Waals surface area contributed by atoms with Crippen molar-refractivity contribution in [2.24, 2.45) is 0 Å². The van der Waals surface area contributed by atoms with Crippen molar-refractivity contribution in [2.45, 2.75) is 20.0 Å². The molecule has 0 fully saturated rings. The number of methoxy groups -OCH3 is 1. The van der Waals surface area contributed by atoms with E-state index in [1.54, 1.807) is 31.4 Å². The Hall–Kier alpha value is -3.58. The van der Waals surface area contributed by atoms with Gasteiger partial charge in [0.1, 0.15) is 5.75 Å². The van der Waals surface area contributed by atoms with E-state index in [0.29, 0.717) is 17.8 Å². The molecule has 0 atom stereocenters. The highest BCUT2D eigenvalue weighted by molar-refractivity contribution is 7.97. The highest BCUT2D eigenvalue weighted by Gasteiger charge is 2.39. The molecule has 1 aliphatic rings. The van der Waals surface area contributed by atoms with Crippen LogP contribution in [-0.4, -0.2) is 21.3 Å². The summed E-state index contributed by atoms with van der Waals surface area (Å²) < 4.78 is 33.4. The Labute approximate surface area is 188 Å². The summed E-state index contributed by atoms with van der Waals surface area (Å²) in [5, 5.41) is 2.99. The quantitative estimate of drug-likeness (QED) is 0.573. The SMILES string of the molecule is COc1ccc(CNC=C2C(=O)c3ccccc3N(Cc3ccc(C)cc3)S2(=O)=O)cc1. The van der Waals surface area contributed by atoms with Crippen molar-refractivity contribution in [1.29, 1.82) is 0 Å². The number of ether oxygens (including phenoxy) is 1. The molecular formula is C25H24N2O4S. The zero-order valence-corrected chi connectivity index (χ0v) is 18.7. The van der Waals surface area contributed by atoms with E-state index in [0.717, 1.165) is 22.4 Å². The minimum Gasteiger partial charge on any atom is -0.497 e. The molecule has 164 valence electrons. The molecule has 0 amide bonds. The fraction of sp³-hybridized carbons (Fsp3) is 0.160. The van der Waals surface area contributed by atoms with E-state index in [1.165, 1.54) is 10.5 Å². The van der Waals surface area contributed by atoms with Gasteiger partial charge in [0.05, 0.1) is 19.3 Å². The van der Waals surface area contributed by atoms with Gasteiger partial charge in [0.15, 0.2) is 4.91 Å². The third kappa shape index (κ3) is 4.24. The average molecular weight is 449 g/mol. The number of hydrogen-bond donors (Lipinski definition) is 1. The highest BCUT2D eigenvalue weighted by atomic mass is 32.2. The van der Waals surface area contributed by atoms with Gasteiger partial charge in [-0.25, -0.2) is 8.42 Å². The first-order valence-electron chi connectivity index (χ1n) is 10.2. The number of nitrogens with zero attached hydrogens (tertiary/aromatic N) is 1. The van der Waals surface area contributed by atoms with Crippen molar-refractivity contribution in [2.75, 3.05) is 11.4 Å². The number of allylic oxidation sites excluding steroid dienone is 1. The van der Waals surface area contributed by atoms with Crippen LogP contribution in [0.2, 0.25) is 0 Å². The summed E-state index contributed by atoms with van der Waals surface area (Å²) in [4.78, 5) is 12.8. The van der Waals surface area contributed by atoms with Crippen LogP contribution < -0.4 is 14.4 Å². The van der Waals surface area contributed by atoms with Crippen molar-refractivity contribution in [3.63, 3.8) is 0 Å². The Morgan fingerprint density at radius 1 is 0.938 bits per heavy atom. The van der Waals surface area contributed by atoms with E-state index in [-0.39, 0.29) is 11.4 Å². The lowest BCUT2D eigenvalue weighted by atomic mass is 10.1. The number of benzene rings is 3. The van der Waals surface area contributed by atoms with E-state index in [1.807, 2.05) is 55.5 Å². The normalized spacial score (nSPS) is 16.0. The first-order valence-corrected chi connectivity index (χ1v) is 11.6. The zero-order valence-electron chi connectivity index (χ0n) is 17.9. The van der Waals surface area contributed by atoms with Crippen molar-refractivity contribution in [1.82, 2.24) is 5.32 Å². The summed E-state index contributed by atoms with van der Waals surface area (Å²) in [6.45, 7) is 2.49. The fourth-order valence-electron chi connectivity index (χ4n) is 3.56. The molecule has 0 aliphatic carbocycles. The number of carbonyl (C=O) groups is 1. The smallest absolute Gasteiger partial charge is 0.270 e. The molecule has 32 heavy (non-hydrogen) atoms. The summed E-state index contributed by atoms with van der Waals surface area (Å²) in [7, 11) is -2.44. The molecule has 0 unspecified atom stereocenters. The molecule has 7 heteroatoms. The lowest BCUT2D eigenvalue weighted by Gasteiger charge is -2.31. The maximum absolute atomic E-state index is 13.5. The largest absolute Gasteiger partial charge is 0.497 e. The van der Waals surface area contributed by atoms with Gasteiger partial charge in [0, 0.05) is 18.3 Å². The van der Waals surface area contributed by atoms with Crippen LogP contribution in [0.4, 0.5) is 5.69 Å². The zero-order chi connectivity index (χ0) is 22.7. The van der Waals surface area contributed by atoms with Crippen LogP contribution in [0.25, 0.3) is 0 Å². The van der Waals surface area contributed by atoms with E-state index < -0.39 is 15.8 Å². The first-order chi connectivity index (χ1) is 15.4. The molecule has 0 spiro atoms. The van der Waals surface area contributed by atoms with Crippen LogP contribution in [0.15, 0.2) is 83.9 Å². The number of Topliss-reactive ketones (excluding diaryl/α,β-unsaturated/α-hetero) is 1. The second kappa shape index (κ2) is 8.88. The highest BCUT2D eigenvalue weighted by Crippen LogP contribution is 2.36. The summed E-state index contributed by atoms with van der Waals surface area (Å²) in [6.07, 6.45) is 1.31. The molecule has 0 aromatic heterocycles. The minimum atomic E-state index is -4.04. The van der Waals surface area contributed by atoms with Crippen molar-refractivity contribution in [3.8, 4) is 5.75 Å². The lowest BCUT2D eigenvalue weighted by Crippen LogP contribution is -2.39. The number of ketones is 1. The van der Waals surface area contributed by atoms with Crippen LogP contribution in [0.1, 0.15) is 27.0 Å². The monoisotopic (exact) mass is 448 g/mol. The Bertz CT molecular complexity index is 1260. The number of carbonyl (C=O) groups excluding carboxylic acids is 1. The number of fused-ring (bicyclic) bond motifs is 1. The van der Waals surface area contributed by atoms with Crippen LogP contribution in [-0.2, 0) is 23.1 Å². The minimum absolute atomic E-state index is 0.142. The standard InChI is InChI=1S/C25H24N2O4S/c1-18-7-9-20(10-8-18)17-27-23-6-4-3-5-22(23)25(28)24(32(27,29)30)16-26-15-19-11-13-21(31-2)14-12-19/h3-14,16,26H,15,17H2,1-2H3. The van der Waals surface area contributed by atoms with Crippen LogP contribution in [0.5, 0.6) is 5.75 Å². The lowest BCUT2D eigenvalue weighted by molar-refractivity contribution is 0.104. The molecule has 3 aromatic rings. The topological polar surface area (TPSA) is 75.7 Å². The number of sulfonamides is 1. The van der Waals surface area contributed by atoms with Gasteiger partial charge in [-0.15, -0.1) is 0 Å². The Morgan fingerprint density at radius 2 is 1.59 bits per heavy atom. The van der Waals surface area contributed by atoms with E-state index >= 15 is 0 Å². The van der Waals surface area contributed by atoms with Gasteiger partial charge in [-0.2, -0.15) is 0 Å².